The molecule has 1 aliphatic carbocycles. The van der Waals surface area contributed by atoms with Crippen LogP contribution in [0.1, 0.15) is 37.9 Å². The third-order valence-corrected chi connectivity index (χ3v) is 2.10. The lowest BCUT2D eigenvalue weighted by molar-refractivity contribution is -0.115. The average Bonchev–Trinajstić information content (AvgIpc) is 2.88. The van der Waals surface area contributed by atoms with Crippen LogP contribution in [0.3, 0.4) is 0 Å². The van der Waals surface area contributed by atoms with Crippen molar-refractivity contribution in [3.05, 3.63) is 11.8 Å². The first-order chi connectivity index (χ1) is 6.29. The van der Waals surface area contributed by atoms with Gasteiger partial charge in [0.05, 0.1) is 0 Å². The van der Waals surface area contributed by atoms with Crippen LogP contribution < -0.4 is 5.32 Å². The van der Waals surface area contributed by atoms with E-state index in [-0.39, 0.29) is 5.91 Å². The van der Waals surface area contributed by atoms with Crippen molar-refractivity contribution < 1.29 is 9.32 Å². The van der Waals surface area contributed by atoms with Crippen molar-refractivity contribution in [1.82, 2.24) is 5.16 Å². The maximum absolute atomic E-state index is 11.0. The highest BCUT2D eigenvalue weighted by Crippen LogP contribution is 2.40. The molecule has 1 N–H and O–H groups in total. The second-order valence-corrected chi connectivity index (χ2v) is 3.29. The van der Waals surface area contributed by atoms with Gasteiger partial charge in [-0.05, 0) is 12.8 Å². The van der Waals surface area contributed by atoms with E-state index in [2.05, 4.69) is 10.5 Å². The van der Waals surface area contributed by atoms with E-state index in [1.54, 1.807) is 6.92 Å². The SMILES string of the molecule is CCC(=O)Nc1cc(C2CC2)on1. The van der Waals surface area contributed by atoms with Gasteiger partial charge in [-0.1, -0.05) is 12.1 Å². The summed E-state index contributed by atoms with van der Waals surface area (Å²) in [5.74, 6) is 1.94. The lowest BCUT2D eigenvalue weighted by Gasteiger charge is -1.94. The van der Waals surface area contributed by atoms with Gasteiger partial charge in [-0.25, -0.2) is 0 Å². The summed E-state index contributed by atoms with van der Waals surface area (Å²) in [6, 6.07) is 1.81. The molecule has 1 aliphatic rings. The minimum absolute atomic E-state index is 0.0318. The van der Waals surface area contributed by atoms with Gasteiger partial charge < -0.3 is 9.84 Å². The first-order valence-corrected chi connectivity index (χ1v) is 4.56. The van der Waals surface area contributed by atoms with Crippen LogP contribution in [0.2, 0.25) is 0 Å². The third-order valence-electron chi connectivity index (χ3n) is 2.10. The molecular formula is C9H12N2O2. The molecule has 1 amide bonds. The predicted octanol–water partition coefficient (Wildman–Crippen LogP) is 1.90. The number of anilines is 1. The summed E-state index contributed by atoms with van der Waals surface area (Å²) in [7, 11) is 0. The second-order valence-electron chi connectivity index (χ2n) is 3.29. The summed E-state index contributed by atoms with van der Waals surface area (Å²) in [6.45, 7) is 1.80. The second kappa shape index (κ2) is 3.20. The van der Waals surface area contributed by atoms with Gasteiger partial charge in [-0.2, -0.15) is 0 Å². The van der Waals surface area contributed by atoms with Crippen molar-refractivity contribution in [2.24, 2.45) is 0 Å². The van der Waals surface area contributed by atoms with Crippen LogP contribution in [-0.4, -0.2) is 11.1 Å². The Morgan fingerprint density at radius 2 is 2.54 bits per heavy atom. The number of nitrogens with zero attached hydrogens (tertiary/aromatic N) is 1. The molecule has 0 spiro atoms. The quantitative estimate of drug-likeness (QED) is 0.772. The van der Waals surface area contributed by atoms with Gasteiger partial charge >= 0.3 is 0 Å². The maximum Gasteiger partial charge on any atom is 0.225 e. The van der Waals surface area contributed by atoms with Crippen molar-refractivity contribution in [3.8, 4) is 0 Å². The highest BCUT2D eigenvalue weighted by molar-refractivity contribution is 5.89. The number of rotatable bonds is 3. The molecule has 0 saturated heterocycles. The summed E-state index contributed by atoms with van der Waals surface area (Å²) >= 11 is 0. The van der Waals surface area contributed by atoms with Crippen molar-refractivity contribution in [3.63, 3.8) is 0 Å². The fraction of sp³-hybridized carbons (Fsp3) is 0.556. The summed E-state index contributed by atoms with van der Waals surface area (Å²) in [6.07, 6.45) is 2.82. The highest BCUT2D eigenvalue weighted by Gasteiger charge is 2.27. The predicted molar refractivity (Wildman–Crippen MR) is 47.4 cm³/mol. The molecule has 1 heterocycles. The zero-order valence-corrected chi connectivity index (χ0v) is 7.54. The van der Waals surface area contributed by atoms with Crippen LogP contribution in [0, 0.1) is 0 Å². The number of hydrogen-bond acceptors (Lipinski definition) is 3. The monoisotopic (exact) mass is 180 g/mol. The topological polar surface area (TPSA) is 55.1 Å². The lowest BCUT2D eigenvalue weighted by atomic mass is 10.3. The normalized spacial score (nSPS) is 15.8. The molecule has 0 atom stereocenters. The van der Waals surface area contributed by atoms with E-state index < -0.39 is 0 Å². The van der Waals surface area contributed by atoms with E-state index in [4.69, 9.17) is 4.52 Å². The van der Waals surface area contributed by atoms with Crippen molar-refractivity contribution >= 4 is 11.7 Å². The molecule has 0 aromatic carbocycles. The molecule has 1 fully saturated rings. The Kier molecular flexibility index (Phi) is 2.04. The molecule has 0 bridgehead atoms. The lowest BCUT2D eigenvalue weighted by Crippen LogP contribution is -2.09. The fourth-order valence-corrected chi connectivity index (χ4v) is 1.14. The average molecular weight is 180 g/mol. The Bertz CT molecular complexity index is 315. The van der Waals surface area contributed by atoms with Crippen LogP contribution in [-0.2, 0) is 4.79 Å². The maximum atomic E-state index is 11.0. The molecule has 0 radical (unpaired) electrons. The van der Waals surface area contributed by atoms with Gasteiger partial charge in [0.2, 0.25) is 5.91 Å². The van der Waals surface area contributed by atoms with Crippen molar-refractivity contribution in [1.29, 1.82) is 0 Å². The smallest absolute Gasteiger partial charge is 0.225 e. The molecule has 0 aliphatic heterocycles. The molecule has 70 valence electrons. The largest absolute Gasteiger partial charge is 0.359 e. The van der Waals surface area contributed by atoms with Gasteiger partial charge in [0.25, 0.3) is 0 Å². The van der Waals surface area contributed by atoms with Gasteiger partial charge in [0.15, 0.2) is 5.82 Å². The minimum Gasteiger partial charge on any atom is -0.359 e. The minimum atomic E-state index is -0.0318. The Hall–Kier alpha value is -1.32. The zero-order chi connectivity index (χ0) is 9.26. The zero-order valence-electron chi connectivity index (χ0n) is 7.54. The Balaban J connectivity index is 2.00. The first-order valence-electron chi connectivity index (χ1n) is 4.56. The van der Waals surface area contributed by atoms with E-state index in [1.165, 1.54) is 12.8 Å². The summed E-state index contributed by atoms with van der Waals surface area (Å²) in [5, 5.41) is 6.41. The third kappa shape index (κ3) is 1.88. The Labute approximate surface area is 76.3 Å². The van der Waals surface area contributed by atoms with Gasteiger partial charge in [-0.3, -0.25) is 4.79 Å². The number of hydrogen-bond donors (Lipinski definition) is 1. The van der Waals surface area contributed by atoms with Crippen LogP contribution >= 0.6 is 0 Å². The molecule has 4 heteroatoms. The molecule has 0 unspecified atom stereocenters. The molecule has 2 rings (SSSR count). The number of nitrogens with one attached hydrogen (secondary N) is 1. The highest BCUT2D eigenvalue weighted by atomic mass is 16.5. The van der Waals surface area contributed by atoms with Crippen LogP contribution in [0.4, 0.5) is 5.82 Å². The van der Waals surface area contributed by atoms with Crippen molar-refractivity contribution in [2.75, 3.05) is 5.32 Å². The van der Waals surface area contributed by atoms with E-state index in [1.807, 2.05) is 6.07 Å². The van der Waals surface area contributed by atoms with E-state index in [0.29, 0.717) is 18.2 Å². The van der Waals surface area contributed by atoms with E-state index in [9.17, 15) is 4.79 Å². The molecule has 1 aromatic heterocycles. The van der Waals surface area contributed by atoms with Crippen LogP contribution in [0.25, 0.3) is 0 Å². The van der Waals surface area contributed by atoms with E-state index in [0.717, 1.165) is 5.76 Å². The standard InChI is InChI=1S/C9H12N2O2/c1-2-9(12)10-8-5-7(13-11-8)6-3-4-6/h5-6H,2-4H2,1H3,(H,10,11,12). The molecule has 4 nitrogen and oxygen atoms in total. The Morgan fingerprint density at radius 1 is 1.77 bits per heavy atom. The number of amides is 1. The molecule has 13 heavy (non-hydrogen) atoms. The molecular weight excluding hydrogens is 168 g/mol. The van der Waals surface area contributed by atoms with Gasteiger partial charge in [0, 0.05) is 18.4 Å². The summed E-state index contributed by atoms with van der Waals surface area (Å²) in [5.41, 5.74) is 0. The fourth-order valence-electron chi connectivity index (χ4n) is 1.14. The van der Waals surface area contributed by atoms with Gasteiger partial charge in [0.1, 0.15) is 5.76 Å². The van der Waals surface area contributed by atoms with Crippen LogP contribution in [0.15, 0.2) is 10.6 Å². The van der Waals surface area contributed by atoms with Crippen molar-refractivity contribution in [2.45, 2.75) is 32.1 Å². The summed E-state index contributed by atoms with van der Waals surface area (Å²) in [4.78, 5) is 11.0. The summed E-state index contributed by atoms with van der Waals surface area (Å²) < 4.78 is 5.07. The number of carbonyl (C=O) groups is 1. The molecule has 1 aromatic rings. The van der Waals surface area contributed by atoms with E-state index >= 15 is 0 Å². The van der Waals surface area contributed by atoms with Gasteiger partial charge in [-0.15, -0.1) is 0 Å². The number of aromatic nitrogens is 1. The number of carbonyl (C=O) groups excluding carboxylic acids is 1. The Morgan fingerprint density at radius 3 is 3.15 bits per heavy atom. The molecule has 1 saturated carbocycles. The first kappa shape index (κ1) is 8.29. The van der Waals surface area contributed by atoms with Crippen LogP contribution in [0.5, 0.6) is 0 Å².